The zero-order valence-electron chi connectivity index (χ0n) is 13.4. The van der Waals surface area contributed by atoms with E-state index in [9.17, 15) is 8.42 Å². The zero-order valence-corrected chi connectivity index (χ0v) is 14.3. The third-order valence-electron chi connectivity index (χ3n) is 4.19. The number of ether oxygens (including phenoxy) is 1. The molecule has 0 spiro atoms. The average Bonchev–Trinajstić information content (AvgIpc) is 2.54. The number of benzene rings is 1. The van der Waals surface area contributed by atoms with Gasteiger partial charge >= 0.3 is 0 Å². The highest BCUT2D eigenvalue weighted by atomic mass is 32.2. The molecular weight excluding hydrogens is 300 g/mol. The molecule has 1 aromatic rings. The third-order valence-corrected chi connectivity index (χ3v) is 6.06. The topological polar surface area (TPSA) is 49.9 Å². The second-order valence-electron chi connectivity index (χ2n) is 5.79. The van der Waals surface area contributed by atoms with Gasteiger partial charge in [0.25, 0.3) is 0 Å². The van der Waals surface area contributed by atoms with Gasteiger partial charge in [-0.15, -0.1) is 0 Å². The van der Waals surface area contributed by atoms with Gasteiger partial charge in [0.1, 0.15) is 0 Å². The van der Waals surface area contributed by atoms with Gasteiger partial charge in [0.05, 0.1) is 12.4 Å². The summed E-state index contributed by atoms with van der Waals surface area (Å²) in [5.74, 6) is 0.185. The van der Waals surface area contributed by atoms with E-state index in [0.717, 1.165) is 18.7 Å². The van der Waals surface area contributed by atoms with Crippen molar-refractivity contribution in [1.29, 1.82) is 0 Å². The standard InChI is InChI=1S/C16H26N2O3S/c1-15(14-21-2)17-9-11-18(12-10-17)22(19,20)13-8-16-6-4-3-5-7-16/h3-7,15H,8-14H2,1-2H3/t15-/m0/s1. The van der Waals surface area contributed by atoms with Gasteiger partial charge < -0.3 is 4.74 Å². The van der Waals surface area contributed by atoms with Crippen LogP contribution in [0.1, 0.15) is 12.5 Å². The highest BCUT2D eigenvalue weighted by Crippen LogP contribution is 2.12. The summed E-state index contributed by atoms with van der Waals surface area (Å²) < 4.78 is 31.7. The quantitative estimate of drug-likeness (QED) is 0.756. The van der Waals surface area contributed by atoms with Gasteiger partial charge in [-0.25, -0.2) is 8.42 Å². The minimum atomic E-state index is -3.17. The van der Waals surface area contributed by atoms with Crippen LogP contribution >= 0.6 is 0 Å². The van der Waals surface area contributed by atoms with Crippen LogP contribution in [0.4, 0.5) is 0 Å². The molecular formula is C16H26N2O3S. The van der Waals surface area contributed by atoms with Gasteiger partial charge in [-0.1, -0.05) is 30.3 Å². The Kier molecular flexibility index (Phi) is 6.37. The Morgan fingerprint density at radius 3 is 2.36 bits per heavy atom. The van der Waals surface area contributed by atoms with Crippen molar-refractivity contribution >= 4 is 10.0 Å². The first kappa shape index (κ1) is 17.4. The van der Waals surface area contributed by atoms with Gasteiger partial charge in [-0.3, -0.25) is 4.90 Å². The molecule has 1 aromatic carbocycles. The van der Waals surface area contributed by atoms with Crippen LogP contribution in [0.3, 0.4) is 0 Å². The van der Waals surface area contributed by atoms with Crippen LogP contribution in [0.5, 0.6) is 0 Å². The summed E-state index contributed by atoms with van der Waals surface area (Å²) in [6.07, 6.45) is 0.573. The normalized spacial score (nSPS) is 19.2. The Morgan fingerprint density at radius 1 is 1.14 bits per heavy atom. The van der Waals surface area contributed by atoms with Gasteiger partial charge in [-0.2, -0.15) is 4.31 Å². The lowest BCUT2D eigenvalue weighted by Gasteiger charge is -2.37. The number of hydrogen-bond acceptors (Lipinski definition) is 4. The molecule has 22 heavy (non-hydrogen) atoms. The molecule has 0 N–H and O–H groups in total. The Labute approximate surface area is 133 Å². The summed E-state index contributed by atoms with van der Waals surface area (Å²) in [6, 6.07) is 10.1. The molecule has 1 heterocycles. The monoisotopic (exact) mass is 326 g/mol. The van der Waals surface area contributed by atoms with Crippen molar-refractivity contribution in [3.8, 4) is 0 Å². The maximum absolute atomic E-state index is 12.4. The number of sulfonamides is 1. The highest BCUT2D eigenvalue weighted by Gasteiger charge is 2.28. The fourth-order valence-corrected chi connectivity index (χ4v) is 4.26. The summed E-state index contributed by atoms with van der Waals surface area (Å²) >= 11 is 0. The smallest absolute Gasteiger partial charge is 0.214 e. The molecule has 1 aliphatic heterocycles. The molecule has 0 aliphatic carbocycles. The van der Waals surface area contributed by atoms with Crippen LogP contribution in [-0.4, -0.2) is 69.3 Å². The maximum Gasteiger partial charge on any atom is 0.214 e. The first-order valence-corrected chi connectivity index (χ1v) is 9.38. The third kappa shape index (κ3) is 4.78. The van der Waals surface area contributed by atoms with E-state index in [-0.39, 0.29) is 5.75 Å². The van der Waals surface area contributed by atoms with E-state index in [1.54, 1.807) is 11.4 Å². The van der Waals surface area contributed by atoms with Crippen molar-refractivity contribution in [3.63, 3.8) is 0 Å². The Balaban J connectivity index is 1.84. The number of nitrogens with zero attached hydrogens (tertiary/aromatic N) is 2. The lowest BCUT2D eigenvalue weighted by atomic mass is 10.2. The molecule has 6 heteroatoms. The molecule has 5 nitrogen and oxygen atoms in total. The SMILES string of the molecule is COC[C@H](C)N1CCN(S(=O)(=O)CCc2ccccc2)CC1. The lowest BCUT2D eigenvalue weighted by Crippen LogP contribution is -2.52. The Hall–Kier alpha value is -0.950. The van der Waals surface area contributed by atoms with Crippen molar-refractivity contribution in [1.82, 2.24) is 9.21 Å². The molecule has 0 aromatic heterocycles. The predicted molar refractivity (Wildman–Crippen MR) is 88.4 cm³/mol. The van der Waals surface area contributed by atoms with Crippen molar-refractivity contribution in [3.05, 3.63) is 35.9 Å². The fourth-order valence-electron chi connectivity index (χ4n) is 2.79. The molecule has 2 rings (SSSR count). The van der Waals surface area contributed by atoms with Crippen LogP contribution in [0.15, 0.2) is 30.3 Å². The summed E-state index contributed by atoms with van der Waals surface area (Å²) in [7, 11) is -1.47. The van der Waals surface area contributed by atoms with E-state index in [2.05, 4.69) is 11.8 Å². The molecule has 0 unspecified atom stereocenters. The van der Waals surface area contributed by atoms with Crippen molar-refractivity contribution in [2.45, 2.75) is 19.4 Å². The van der Waals surface area contributed by atoms with E-state index < -0.39 is 10.0 Å². The molecule has 1 fully saturated rings. The van der Waals surface area contributed by atoms with Crippen LogP contribution in [0.2, 0.25) is 0 Å². The zero-order chi connectivity index (χ0) is 16.0. The maximum atomic E-state index is 12.4. The Morgan fingerprint density at radius 2 is 1.77 bits per heavy atom. The van der Waals surface area contributed by atoms with E-state index in [0.29, 0.717) is 32.2 Å². The van der Waals surface area contributed by atoms with Crippen LogP contribution in [0, 0.1) is 0 Å². The minimum Gasteiger partial charge on any atom is -0.383 e. The van der Waals surface area contributed by atoms with Crippen molar-refractivity contribution in [2.24, 2.45) is 0 Å². The largest absolute Gasteiger partial charge is 0.383 e. The van der Waals surface area contributed by atoms with E-state index in [4.69, 9.17) is 4.74 Å². The second kappa shape index (κ2) is 8.06. The molecule has 1 aliphatic rings. The predicted octanol–water partition coefficient (Wildman–Crippen LogP) is 1.21. The summed E-state index contributed by atoms with van der Waals surface area (Å²) in [4.78, 5) is 2.28. The first-order valence-electron chi connectivity index (χ1n) is 7.77. The van der Waals surface area contributed by atoms with Gasteiger partial charge in [0.15, 0.2) is 0 Å². The van der Waals surface area contributed by atoms with E-state index in [1.165, 1.54) is 0 Å². The number of methoxy groups -OCH3 is 1. The number of aryl methyl sites for hydroxylation is 1. The van der Waals surface area contributed by atoms with Gasteiger partial charge in [0.2, 0.25) is 10.0 Å². The fraction of sp³-hybridized carbons (Fsp3) is 0.625. The molecule has 1 atom stereocenters. The molecule has 0 radical (unpaired) electrons. The number of piperazine rings is 1. The van der Waals surface area contributed by atoms with Crippen LogP contribution in [-0.2, 0) is 21.2 Å². The first-order chi connectivity index (χ1) is 10.5. The van der Waals surface area contributed by atoms with E-state index in [1.807, 2.05) is 30.3 Å². The second-order valence-corrected chi connectivity index (χ2v) is 7.88. The van der Waals surface area contributed by atoms with Crippen LogP contribution < -0.4 is 0 Å². The summed E-state index contributed by atoms with van der Waals surface area (Å²) in [5, 5.41) is 0. The summed E-state index contributed by atoms with van der Waals surface area (Å²) in [6.45, 7) is 5.49. The van der Waals surface area contributed by atoms with Gasteiger partial charge in [0, 0.05) is 39.3 Å². The molecule has 1 saturated heterocycles. The van der Waals surface area contributed by atoms with Crippen LogP contribution in [0.25, 0.3) is 0 Å². The molecule has 0 bridgehead atoms. The molecule has 0 saturated carbocycles. The minimum absolute atomic E-state index is 0.185. The van der Waals surface area contributed by atoms with E-state index >= 15 is 0 Å². The molecule has 0 amide bonds. The average molecular weight is 326 g/mol. The van der Waals surface area contributed by atoms with Crippen molar-refractivity contribution in [2.75, 3.05) is 45.6 Å². The number of rotatable bonds is 7. The van der Waals surface area contributed by atoms with Gasteiger partial charge in [-0.05, 0) is 18.9 Å². The number of hydrogen-bond donors (Lipinski definition) is 0. The Bertz CT molecular complexity index is 540. The van der Waals surface area contributed by atoms with Crippen molar-refractivity contribution < 1.29 is 13.2 Å². The molecule has 124 valence electrons. The summed E-state index contributed by atoms with van der Waals surface area (Å²) in [5.41, 5.74) is 1.07. The highest BCUT2D eigenvalue weighted by molar-refractivity contribution is 7.89. The lowest BCUT2D eigenvalue weighted by molar-refractivity contribution is 0.0766.